The van der Waals surface area contributed by atoms with Gasteiger partial charge < -0.3 is 10.2 Å². The Balaban J connectivity index is 1.66. The van der Waals surface area contributed by atoms with Gasteiger partial charge in [-0.3, -0.25) is 0 Å². The molecule has 2 bridgehead atoms. The van der Waals surface area contributed by atoms with E-state index < -0.39 is 0 Å². The number of hydrogen-bond acceptors (Lipinski definition) is 2. The van der Waals surface area contributed by atoms with Crippen LogP contribution in [0.4, 0.5) is 5.69 Å². The summed E-state index contributed by atoms with van der Waals surface area (Å²) in [6, 6.07) is 12.6. The van der Waals surface area contributed by atoms with Crippen LogP contribution in [0, 0.1) is 5.92 Å². The van der Waals surface area contributed by atoms with Crippen LogP contribution < -0.4 is 10.2 Å². The zero-order chi connectivity index (χ0) is 13.1. The summed E-state index contributed by atoms with van der Waals surface area (Å²) in [5.74, 6) is 0.857. The van der Waals surface area contributed by atoms with E-state index in [0.29, 0.717) is 0 Å². The summed E-state index contributed by atoms with van der Waals surface area (Å²) in [4.78, 5) is 2.61. The first-order chi connectivity index (χ1) is 9.36. The van der Waals surface area contributed by atoms with Gasteiger partial charge in [0.25, 0.3) is 0 Å². The predicted molar refractivity (Wildman–Crippen MR) is 81.6 cm³/mol. The zero-order valence-electron chi connectivity index (χ0n) is 12.0. The van der Waals surface area contributed by atoms with Crippen LogP contribution in [0.2, 0.25) is 0 Å². The van der Waals surface area contributed by atoms with Crippen molar-refractivity contribution in [2.75, 3.05) is 18.0 Å². The van der Waals surface area contributed by atoms with Crippen LogP contribution >= 0.6 is 0 Å². The Kier molecular flexibility index (Phi) is 4.07. The van der Waals surface area contributed by atoms with Crippen molar-refractivity contribution >= 4 is 5.69 Å². The van der Waals surface area contributed by atoms with Crippen molar-refractivity contribution in [1.29, 1.82) is 0 Å². The molecule has 3 atom stereocenters. The van der Waals surface area contributed by atoms with Crippen LogP contribution in [0.25, 0.3) is 0 Å². The fourth-order valence-electron chi connectivity index (χ4n) is 3.74. The Labute approximate surface area is 117 Å². The van der Waals surface area contributed by atoms with Gasteiger partial charge in [-0.15, -0.1) is 0 Å². The molecule has 0 aromatic heterocycles. The highest BCUT2D eigenvalue weighted by Crippen LogP contribution is 2.34. The fourth-order valence-corrected chi connectivity index (χ4v) is 3.74. The monoisotopic (exact) mass is 258 g/mol. The van der Waals surface area contributed by atoms with Crippen molar-refractivity contribution in [2.24, 2.45) is 5.92 Å². The quantitative estimate of drug-likeness (QED) is 0.841. The lowest BCUT2D eigenvalue weighted by molar-refractivity contribution is 0.402. The number of para-hydroxylation sites is 1. The highest BCUT2D eigenvalue weighted by molar-refractivity contribution is 5.46. The van der Waals surface area contributed by atoms with E-state index in [1.165, 1.54) is 50.9 Å². The molecule has 0 amide bonds. The van der Waals surface area contributed by atoms with E-state index in [4.69, 9.17) is 0 Å². The second-order valence-corrected chi connectivity index (χ2v) is 6.18. The summed E-state index contributed by atoms with van der Waals surface area (Å²) in [5, 5.41) is 3.76. The van der Waals surface area contributed by atoms with E-state index in [-0.39, 0.29) is 0 Å². The first-order valence-electron chi connectivity index (χ1n) is 7.93. The normalized spacial score (nSPS) is 28.8. The Morgan fingerprint density at radius 1 is 1.21 bits per heavy atom. The van der Waals surface area contributed by atoms with E-state index >= 15 is 0 Å². The number of nitrogens with zero attached hydrogens (tertiary/aromatic N) is 1. The van der Waals surface area contributed by atoms with Gasteiger partial charge in [0, 0.05) is 30.9 Å². The molecule has 2 nitrogen and oxygen atoms in total. The molecule has 2 aliphatic rings. The second kappa shape index (κ2) is 5.96. The molecule has 2 fully saturated rings. The molecule has 1 aromatic rings. The average Bonchev–Trinajstić information content (AvgIpc) is 3.07. The van der Waals surface area contributed by atoms with Crippen molar-refractivity contribution < 1.29 is 0 Å². The fraction of sp³-hybridized carbons (Fsp3) is 0.647. The van der Waals surface area contributed by atoms with Gasteiger partial charge >= 0.3 is 0 Å². The summed E-state index contributed by atoms with van der Waals surface area (Å²) < 4.78 is 0. The molecule has 104 valence electrons. The first-order valence-corrected chi connectivity index (χ1v) is 7.93. The first kappa shape index (κ1) is 13.0. The summed E-state index contributed by atoms with van der Waals surface area (Å²) in [6.45, 7) is 4.72. The van der Waals surface area contributed by atoms with Gasteiger partial charge in [0.1, 0.15) is 0 Å². The van der Waals surface area contributed by atoms with Crippen molar-refractivity contribution in [3.05, 3.63) is 30.3 Å². The SMILES string of the molecule is CCCCN(CC1CC2CCC1N2)c1ccccc1. The van der Waals surface area contributed by atoms with Crippen LogP contribution in [-0.2, 0) is 0 Å². The van der Waals surface area contributed by atoms with Crippen LogP contribution in [0.1, 0.15) is 39.0 Å². The van der Waals surface area contributed by atoms with Crippen molar-refractivity contribution in [2.45, 2.75) is 51.1 Å². The van der Waals surface area contributed by atoms with Crippen molar-refractivity contribution in [1.82, 2.24) is 5.32 Å². The lowest BCUT2D eigenvalue weighted by Gasteiger charge is -2.31. The zero-order valence-corrected chi connectivity index (χ0v) is 12.0. The highest BCUT2D eigenvalue weighted by Gasteiger charge is 2.39. The molecule has 0 radical (unpaired) electrons. The number of hydrogen-bond donors (Lipinski definition) is 1. The van der Waals surface area contributed by atoms with Gasteiger partial charge in [0.2, 0.25) is 0 Å². The number of benzene rings is 1. The smallest absolute Gasteiger partial charge is 0.0366 e. The number of fused-ring (bicyclic) bond motifs is 2. The minimum Gasteiger partial charge on any atom is -0.371 e. The standard InChI is InChI=1S/C17H26N2/c1-2-3-11-19(16-7-5-4-6-8-16)13-14-12-15-9-10-17(14)18-15/h4-8,14-15,17-18H,2-3,9-13H2,1H3. The maximum atomic E-state index is 3.76. The predicted octanol–water partition coefficient (Wildman–Crippen LogP) is 3.43. The summed E-state index contributed by atoms with van der Waals surface area (Å²) in [5.41, 5.74) is 1.40. The molecule has 19 heavy (non-hydrogen) atoms. The molecule has 1 N–H and O–H groups in total. The largest absolute Gasteiger partial charge is 0.371 e. The minimum atomic E-state index is 0.790. The topological polar surface area (TPSA) is 15.3 Å². The second-order valence-electron chi connectivity index (χ2n) is 6.18. The van der Waals surface area contributed by atoms with E-state index in [0.717, 1.165) is 18.0 Å². The molecule has 2 aliphatic heterocycles. The molecular weight excluding hydrogens is 232 g/mol. The third kappa shape index (κ3) is 2.94. The molecule has 2 heterocycles. The van der Waals surface area contributed by atoms with Gasteiger partial charge in [-0.2, -0.15) is 0 Å². The molecule has 3 unspecified atom stereocenters. The number of anilines is 1. The number of rotatable bonds is 6. The van der Waals surface area contributed by atoms with E-state index in [1.54, 1.807) is 0 Å². The van der Waals surface area contributed by atoms with E-state index in [2.05, 4.69) is 47.5 Å². The molecule has 0 spiro atoms. The van der Waals surface area contributed by atoms with E-state index in [9.17, 15) is 0 Å². The van der Waals surface area contributed by atoms with Crippen molar-refractivity contribution in [3.8, 4) is 0 Å². The third-order valence-electron chi connectivity index (χ3n) is 4.79. The maximum absolute atomic E-state index is 3.76. The summed E-state index contributed by atoms with van der Waals surface area (Å²) in [6.07, 6.45) is 6.76. The molecule has 0 saturated carbocycles. The molecule has 2 saturated heterocycles. The lowest BCUT2D eigenvalue weighted by Crippen LogP contribution is -2.35. The van der Waals surface area contributed by atoms with Crippen LogP contribution in [0.15, 0.2) is 30.3 Å². The molecule has 1 aromatic carbocycles. The van der Waals surface area contributed by atoms with Crippen LogP contribution in [0.5, 0.6) is 0 Å². The molecule has 2 heteroatoms. The van der Waals surface area contributed by atoms with Gasteiger partial charge in [-0.05, 0) is 43.7 Å². The van der Waals surface area contributed by atoms with E-state index in [1.807, 2.05) is 0 Å². The Morgan fingerprint density at radius 2 is 2.05 bits per heavy atom. The van der Waals surface area contributed by atoms with Gasteiger partial charge in [0.05, 0.1) is 0 Å². The average molecular weight is 258 g/mol. The molecule has 3 rings (SSSR count). The van der Waals surface area contributed by atoms with Gasteiger partial charge in [-0.1, -0.05) is 31.5 Å². The Bertz CT molecular complexity index is 390. The molecular formula is C17H26N2. The van der Waals surface area contributed by atoms with Crippen molar-refractivity contribution in [3.63, 3.8) is 0 Å². The minimum absolute atomic E-state index is 0.790. The summed E-state index contributed by atoms with van der Waals surface area (Å²) >= 11 is 0. The summed E-state index contributed by atoms with van der Waals surface area (Å²) in [7, 11) is 0. The van der Waals surface area contributed by atoms with Gasteiger partial charge in [-0.25, -0.2) is 0 Å². The lowest BCUT2D eigenvalue weighted by atomic mass is 9.88. The number of nitrogens with one attached hydrogen (secondary N) is 1. The Morgan fingerprint density at radius 3 is 2.68 bits per heavy atom. The third-order valence-corrected chi connectivity index (χ3v) is 4.79. The highest BCUT2D eigenvalue weighted by atomic mass is 15.1. The maximum Gasteiger partial charge on any atom is 0.0366 e. The van der Waals surface area contributed by atoms with Crippen LogP contribution in [0.3, 0.4) is 0 Å². The van der Waals surface area contributed by atoms with Crippen LogP contribution in [-0.4, -0.2) is 25.2 Å². The number of unbranched alkanes of at least 4 members (excludes halogenated alkanes) is 1. The molecule has 0 aliphatic carbocycles. The van der Waals surface area contributed by atoms with Gasteiger partial charge in [0.15, 0.2) is 0 Å². The Hall–Kier alpha value is -1.02.